The summed E-state index contributed by atoms with van der Waals surface area (Å²) >= 11 is 0. The zero-order valence-corrected chi connectivity index (χ0v) is 21.7. The van der Waals surface area contributed by atoms with Crippen LogP contribution in [-0.2, 0) is 21.4 Å². The van der Waals surface area contributed by atoms with Crippen molar-refractivity contribution < 1.29 is 19.5 Å². The Bertz CT molecular complexity index is 1500. The van der Waals surface area contributed by atoms with Gasteiger partial charge in [0, 0.05) is 11.1 Å². The number of carbonyl (C=O) groups is 1. The van der Waals surface area contributed by atoms with Crippen LogP contribution in [0, 0.1) is 6.92 Å². The quantitative estimate of drug-likeness (QED) is 0.332. The fourth-order valence-electron chi connectivity index (χ4n) is 4.64. The number of aromatic nitrogens is 1. The van der Waals surface area contributed by atoms with Gasteiger partial charge in [-0.15, -0.1) is 0 Å². The average Bonchev–Trinajstić information content (AvgIpc) is 2.86. The van der Waals surface area contributed by atoms with Gasteiger partial charge < -0.3 is 20.1 Å². The highest BCUT2D eigenvalue weighted by Gasteiger charge is 2.44. The summed E-state index contributed by atoms with van der Waals surface area (Å²) in [6, 6.07) is 21.3. The van der Waals surface area contributed by atoms with Gasteiger partial charge in [-0.1, -0.05) is 67.5 Å². The first-order chi connectivity index (χ1) is 17.3. The number of hydrogen-bond donors (Lipinski definition) is 3. The molecule has 0 aliphatic carbocycles. The number of nitrogens with one attached hydrogen (secondary N) is 1. The predicted octanol–water partition coefficient (Wildman–Crippen LogP) is 4.92. The standard InChI is InChI=1S/C30H32N2O5/c1-19-25-17-23(14-15-24(25)26(33)37-32-19)31-27(34)30(36,18-28(2,3)20-10-7-6-8-11-20)22-13-9-12-21(16-22)29(4,5)35/h6-17,35-36H,18H2,1-5H3,(H,31,34). The van der Waals surface area contributed by atoms with Crippen molar-refractivity contribution in [1.29, 1.82) is 0 Å². The van der Waals surface area contributed by atoms with E-state index in [1.54, 1.807) is 63.2 Å². The molecule has 1 heterocycles. The van der Waals surface area contributed by atoms with Crippen molar-refractivity contribution in [2.45, 2.75) is 57.7 Å². The van der Waals surface area contributed by atoms with Crippen molar-refractivity contribution in [3.63, 3.8) is 0 Å². The second-order valence-electron chi connectivity index (χ2n) is 10.7. The van der Waals surface area contributed by atoms with E-state index in [1.807, 2.05) is 44.2 Å². The molecule has 0 radical (unpaired) electrons. The van der Waals surface area contributed by atoms with Crippen LogP contribution < -0.4 is 10.9 Å². The Morgan fingerprint density at radius 3 is 2.19 bits per heavy atom. The lowest BCUT2D eigenvalue weighted by Crippen LogP contribution is -2.45. The largest absolute Gasteiger partial charge is 0.386 e. The van der Waals surface area contributed by atoms with Crippen LogP contribution in [0.1, 0.15) is 56.5 Å². The van der Waals surface area contributed by atoms with Crippen molar-refractivity contribution in [2.24, 2.45) is 0 Å². The maximum Gasteiger partial charge on any atom is 0.366 e. The van der Waals surface area contributed by atoms with E-state index in [9.17, 15) is 19.8 Å². The first-order valence-electron chi connectivity index (χ1n) is 12.1. The van der Waals surface area contributed by atoms with E-state index in [0.717, 1.165) is 5.56 Å². The molecule has 3 N–H and O–H groups in total. The number of amides is 1. The number of fused-ring (bicyclic) bond motifs is 1. The highest BCUT2D eigenvalue weighted by Crippen LogP contribution is 2.39. The monoisotopic (exact) mass is 500 g/mol. The van der Waals surface area contributed by atoms with Gasteiger partial charge in [-0.2, -0.15) is 0 Å². The average molecular weight is 501 g/mol. The molecule has 1 unspecified atom stereocenters. The Morgan fingerprint density at radius 1 is 0.865 bits per heavy atom. The summed E-state index contributed by atoms with van der Waals surface area (Å²) in [7, 11) is 0. The van der Waals surface area contributed by atoms with Gasteiger partial charge in [0.05, 0.1) is 16.7 Å². The number of hydrogen-bond acceptors (Lipinski definition) is 6. The summed E-state index contributed by atoms with van der Waals surface area (Å²) in [6.45, 7) is 8.97. The molecule has 7 nitrogen and oxygen atoms in total. The molecule has 4 rings (SSSR count). The Labute approximate surface area is 215 Å². The van der Waals surface area contributed by atoms with Gasteiger partial charge in [0.25, 0.3) is 5.91 Å². The van der Waals surface area contributed by atoms with Crippen molar-refractivity contribution in [3.05, 3.63) is 106 Å². The van der Waals surface area contributed by atoms with Crippen LogP contribution in [0.3, 0.4) is 0 Å². The fourth-order valence-corrected chi connectivity index (χ4v) is 4.64. The lowest BCUT2D eigenvalue weighted by atomic mass is 9.72. The van der Waals surface area contributed by atoms with Gasteiger partial charge in [0.15, 0.2) is 5.60 Å². The number of carbonyl (C=O) groups excluding carboxylic acids is 1. The zero-order valence-electron chi connectivity index (χ0n) is 21.7. The summed E-state index contributed by atoms with van der Waals surface area (Å²) < 4.78 is 4.79. The molecule has 0 aliphatic rings. The van der Waals surface area contributed by atoms with Crippen molar-refractivity contribution in [1.82, 2.24) is 5.16 Å². The number of aliphatic hydroxyl groups is 2. The molecular weight excluding hydrogens is 468 g/mol. The van der Waals surface area contributed by atoms with Crippen LogP contribution in [0.2, 0.25) is 0 Å². The number of rotatable bonds is 7. The van der Waals surface area contributed by atoms with Crippen molar-refractivity contribution in [3.8, 4) is 0 Å². The van der Waals surface area contributed by atoms with Crippen molar-refractivity contribution >= 4 is 22.4 Å². The van der Waals surface area contributed by atoms with Gasteiger partial charge in [-0.05, 0) is 73.6 Å². The van der Waals surface area contributed by atoms with Crippen LogP contribution in [0.15, 0.2) is 82.1 Å². The van der Waals surface area contributed by atoms with Gasteiger partial charge in [0.2, 0.25) is 0 Å². The SMILES string of the molecule is Cc1noc(=O)c2ccc(NC(=O)C(O)(CC(C)(C)c3ccccc3)c3cccc(C(C)(C)O)c3)cc12. The van der Waals surface area contributed by atoms with E-state index in [4.69, 9.17) is 4.52 Å². The summed E-state index contributed by atoms with van der Waals surface area (Å²) in [6.07, 6.45) is 0.0723. The Morgan fingerprint density at radius 2 is 1.51 bits per heavy atom. The van der Waals surface area contributed by atoms with Crippen LogP contribution >= 0.6 is 0 Å². The molecule has 0 saturated heterocycles. The van der Waals surface area contributed by atoms with E-state index < -0.39 is 28.1 Å². The summed E-state index contributed by atoms with van der Waals surface area (Å²) in [4.78, 5) is 25.9. The van der Waals surface area contributed by atoms with E-state index >= 15 is 0 Å². The summed E-state index contributed by atoms with van der Waals surface area (Å²) in [5.41, 5.74) is -1.43. The van der Waals surface area contributed by atoms with Gasteiger partial charge in [-0.3, -0.25) is 4.79 Å². The minimum absolute atomic E-state index is 0.0723. The lowest BCUT2D eigenvalue weighted by molar-refractivity contribution is -0.137. The molecule has 192 valence electrons. The van der Waals surface area contributed by atoms with E-state index in [1.165, 1.54) is 0 Å². The number of aryl methyl sites for hydroxylation is 1. The molecule has 37 heavy (non-hydrogen) atoms. The number of benzene rings is 3. The molecule has 7 heteroatoms. The minimum Gasteiger partial charge on any atom is -0.386 e. The van der Waals surface area contributed by atoms with Gasteiger partial charge >= 0.3 is 5.63 Å². The first kappa shape index (κ1) is 26.3. The molecule has 3 aromatic carbocycles. The summed E-state index contributed by atoms with van der Waals surface area (Å²) in [5.74, 6) is -0.627. The molecule has 0 aliphatic heterocycles. The van der Waals surface area contributed by atoms with Crippen LogP contribution in [0.25, 0.3) is 10.8 Å². The van der Waals surface area contributed by atoms with E-state index in [2.05, 4.69) is 10.5 Å². The number of nitrogens with zero attached hydrogens (tertiary/aromatic N) is 1. The van der Waals surface area contributed by atoms with Gasteiger partial charge in [-0.25, -0.2) is 4.79 Å². The van der Waals surface area contributed by atoms with E-state index in [-0.39, 0.29) is 6.42 Å². The predicted molar refractivity (Wildman–Crippen MR) is 143 cm³/mol. The summed E-state index contributed by atoms with van der Waals surface area (Å²) in [5, 5.41) is 30.2. The molecule has 0 fully saturated rings. The normalized spacial score (nSPS) is 13.8. The van der Waals surface area contributed by atoms with Crippen molar-refractivity contribution in [2.75, 3.05) is 5.32 Å². The Hall–Kier alpha value is -3.81. The Kier molecular flexibility index (Phi) is 6.79. The molecule has 0 bridgehead atoms. The lowest BCUT2D eigenvalue weighted by Gasteiger charge is -2.36. The molecule has 1 amide bonds. The third kappa shape index (κ3) is 5.33. The topological polar surface area (TPSA) is 113 Å². The third-order valence-electron chi connectivity index (χ3n) is 6.83. The Balaban J connectivity index is 1.79. The minimum atomic E-state index is -1.95. The molecule has 1 aromatic heterocycles. The van der Waals surface area contributed by atoms with Crippen LogP contribution in [0.5, 0.6) is 0 Å². The number of anilines is 1. The van der Waals surface area contributed by atoms with Crippen LogP contribution in [0.4, 0.5) is 5.69 Å². The molecule has 0 spiro atoms. The maximum atomic E-state index is 13.9. The smallest absolute Gasteiger partial charge is 0.366 e. The third-order valence-corrected chi connectivity index (χ3v) is 6.83. The molecule has 1 atom stereocenters. The second-order valence-corrected chi connectivity index (χ2v) is 10.7. The zero-order chi connectivity index (χ0) is 27.0. The molecule has 0 saturated carbocycles. The second kappa shape index (κ2) is 9.57. The molecular formula is C30H32N2O5. The van der Waals surface area contributed by atoms with Gasteiger partial charge in [0.1, 0.15) is 0 Å². The highest BCUT2D eigenvalue weighted by molar-refractivity contribution is 6.00. The fraction of sp³-hybridized carbons (Fsp3) is 0.300. The molecule has 4 aromatic rings. The van der Waals surface area contributed by atoms with E-state index in [0.29, 0.717) is 33.3 Å². The highest BCUT2D eigenvalue weighted by atomic mass is 16.5. The van der Waals surface area contributed by atoms with Crippen LogP contribution in [-0.4, -0.2) is 21.3 Å². The maximum absolute atomic E-state index is 13.9. The first-order valence-corrected chi connectivity index (χ1v) is 12.1.